The van der Waals surface area contributed by atoms with Gasteiger partial charge in [-0.3, -0.25) is 9.36 Å². The summed E-state index contributed by atoms with van der Waals surface area (Å²) in [6.07, 6.45) is 0. The molecule has 0 bridgehead atoms. The number of methoxy groups -OCH3 is 1. The van der Waals surface area contributed by atoms with Crippen molar-refractivity contribution in [1.29, 1.82) is 0 Å². The van der Waals surface area contributed by atoms with Gasteiger partial charge in [-0.05, 0) is 43.2 Å². The van der Waals surface area contributed by atoms with E-state index in [9.17, 15) is 4.79 Å². The van der Waals surface area contributed by atoms with Gasteiger partial charge in [0, 0.05) is 10.6 Å². The number of ether oxygens (including phenoxy) is 1. The molecular formula is C19H18ClN3O2S. The summed E-state index contributed by atoms with van der Waals surface area (Å²) < 4.78 is 6.69. The van der Waals surface area contributed by atoms with E-state index in [0.717, 1.165) is 22.4 Å². The minimum atomic E-state index is -0.310. The number of rotatable bonds is 5. The van der Waals surface area contributed by atoms with E-state index < -0.39 is 0 Å². The van der Waals surface area contributed by atoms with E-state index >= 15 is 0 Å². The molecule has 5 nitrogen and oxygen atoms in total. The Morgan fingerprint density at radius 1 is 1.19 bits per heavy atom. The van der Waals surface area contributed by atoms with Gasteiger partial charge < -0.3 is 4.74 Å². The molecule has 0 amide bonds. The molecule has 2 aromatic carbocycles. The van der Waals surface area contributed by atoms with Gasteiger partial charge in [-0.1, -0.05) is 47.6 Å². The Morgan fingerprint density at radius 3 is 2.73 bits per heavy atom. The van der Waals surface area contributed by atoms with Gasteiger partial charge in [-0.25, -0.2) is 0 Å². The van der Waals surface area contributed by atoms with E-state index in [0.29, 0.717) is 16.0 Å². The standard InChI is InChI=1S/C19H18ClN3O2S/c1-12-7-8-13(2)16(9-12)23-18(14-5-4-6-15(20)10-14)21-22-19(23)26-11-17(24)25-3/h4-10H,11H2,1-3H3. The molecule has 0 unspecified atom stereocenters. The van der Waals surface area contributed by atoms with Gasteiger partial charge in [0.1, 0.15) is 0 Å². The topological polar surface area (TPSA) is 57.0 Å². The zero-order valence-corrected chi connectivity index (χ0v) is 16.3. The maximum Gasteiger partial charge on any atom is 0.316 e. The molecule has 134 valence electrons. The Labute approximate surface area is 161 Å². The molecule has 0 N–H and O–H groups in total. The summed E-state index contributed by atoms with van der Waals surface area (Å²) >= 11 is 7.44. The van der Waals surface area contributed by atoms with Gasteiger partial charge in [0.25, 0.3) is 0 Å². The third-order valence-corrected chi connectivity index (χ3v) is 5.01. The van der Waals surface area contributed by atoms with Crippen LogP contribution in [0, 0.1) is 13.8 Å². The SMILES string of the molecule is COC(=O)CSc1nnc(-c2cccc(Cl)c2)n1-c1cc(C)ccc1C. The molecule has 0 fully saturated rings. The molecule has 1 heterocycles. The lowest BCUT2D eigenvalue weighted by atomic mass is 10.1. The van der Waals surface area contributed by atoms with Crippen molar-refractivity contribution in [1.82, 2.24) is 14.8 Å². The van der Waals surface area contributed by atoms with Crippen LogP contribution in [0.5, 0.6) is 0 Å². The molecule has 0 aliphatic heterocycles. The zero-order chi connectivity index (χ0) is 18.7. The molecule has 3 rings (SSSR count). The van der Waals surface area contributed by atoms with E-state index in [1.807, 2.05) is 42.7 Å². The Hall–Kier alpha value is -2.31. The van der Waals surface area contributed by atoms with Crippen molar-refractivity contribution in [2.24, 2.45) is 0 Å². The molecule has 26 heavy (non-hydrogen) atoms. The van der Waals surface area contributed by atoms with E-state index in [4.69, 9.17) is 16.3 Å². The highest BCUT2D eigenvalue weighted by molar-refractivity contribution is 7.99. The molecule has 0 aliphatic carbocycles. The Balaban J connectivity index is 2.15. The van der Waals surface area contributed by atoms with Crippen molar-refractivity contribution in [2.45, 2.75) is 19.0 Å². The largest absolute Gasteiger partial charge is 0.468 e. The molecule has 1 aromatic heterocycles. The van der Waals surface area contributed by atoms with Gasteiger partial charge in [0.05, 0.1) is 18.6 Å². The zero-order valence-electron chi connectivity index (χ0n) is 14.7. The van der Waals surface area contributed by atoms with Crippen LogP contribution in [-0.2, 0) is 9.53 Å². The number of carbonyl (C=O) groups is 1. The fraction of sp³-hybridized carbons (Fsp3) is 0.211. The number of aryl methyl sites for hydroxylation is 2. The Morgan fingerprint density at radius 2 is 2.00 bits per heavy atom. The Kier molecular flexibility index (Phi) is 5.64. The number of esters is 1. The molecule has 0 atom stereocenters. The van der Waals surface area contributed by atoms with Crippen LogP contribution in [0.4, 0.5) is 0 Å². The van der Waals surface area contributed by atoms with E-state index in [1.54, 1.807) is 0 Å². The lowest BCUT2D eigenvalue weighted by Gasteiger charge is -2.14. The third kappa shape index (κ3) is 3.92. The van der Waals surface area contributed by atoms with E-state index in [2.05, 4.69) is 28.4 Å². The van der Waals surface area contributed by atoms with Gasteiger partial charge in [-0.2, -0.15) is 0 Å². The van der Waals surface area contributed by atoms with Crippen LogP contribution < -0.4 is 0 Å². The molecule has 7 heteroatoms. The van der Waals surface area contributed by atoms with Crippen molar-refractivity contribution >= 4 is 29.3 Å². The first-order chi connectivity index (χ1) is 12.5. The van der Waals surface area contributed by atoms with Crippen LogP contribution in [-0.4, -0.2) is 33.6 Å². The fourth-order valence-electron chi connectivity index (χ4n) is 2.54. The maximum absolute atomic E-state index is 11.6. The van der Waals surface area contributed by atoms with Crippen LogP contribution in [0.25, 0.3) is 17.1 Å². The van der Waals surface area contributed by atoms with Crippen molar-refractivity contribution in [3.8, 4) is 17.1 Å². The number of hydrogen-bond acceptors (Lipinski definition) is 5. The summed E-state index contributed by atoms with van der Waals surface area (Å²) in [5.74, 6) is 0.526. The number of thioether (sulfide) groups is 1. The fourth-order valence-corrected chi connectivity index (χ4v) is 3.51. The molecule has 0 saturated carbocycles. The van der Waals surface area contributed by atoms with Gasteiger partial charge >= 0.3 is 5.97 Å². The molecule has 0 aliphatic rings. The number of aromatic nitrogens is 3. The lowest BCUT2D eigenvalue weighted by molar-refractivity contribution is -0.137. The maximum atomic E-state index is 11.6. The summed E-state index contributed by atoms with van der Waals surface area (Å²) in [7, 11) is 1.37. The second-order valence-electron chi connectivity index (χ2n) is 5.81. The average molecular weight is 388 g/mol. The minimum absolute atomic E-state index is 0.162. The monoisotopic (exact) mass is 387 g/mol. The summed E-state index contributed by atoms with van der Waals surface area (Å²) in [6, 6.07) is 13.7. The minimum Gasteiger partial charge on any atom is -0.468 e. The molecule has 3 aromatic rings. The number of hydrogen-bond donors (Lipinski definition) is 0. The van der Waals surface area contributed by atoms with Crippen molar-refractivity contribution in [3.63, 3.8) is 0 Å². The summed E-state index contributed by atoms with van der Waals surface area (Å²) in [4.78, 5) is 11.6. The smallest absolute Gasteiger partial charge is 0.316 e. The predicted octanol–water partition coefficient (Wildman–Crippen LogP) is 4.47. The molecule has 0 radical (unpaired) electrons. The number of nitrogens with zero attached hydrogens (tertiary/aromatic N) is 3. The second kappa shape index (κ2) is 7.93. The highest BCUT2D eigenvalue weighted by atomic mass is 35.5. The Bertz CT molecular complexity index is 956. The quantitative estimate of drug-likeness (QED) is 0.477. The second-order valence-corrected chi connectivity index (χ2v) is 7.19. The highest BCUT2D eigenvalue weighted by Crippen LogP contribution is 2.31. The van der Waals surface area contributed by atoms with Crippen LogP contribution in [0.3, 0.4) is 0 Å². The summed E-state index contributed by atoms with van der Waals surface area (Å²) in [5.41, 5.74) is 4.03. The third-order valence-electron chi connectivity index (χ3n) is 3.87. The first kappa shape index (κ1) is 18.5. The van der Waals surface area contributed by atoms with Gasteiger partial charge in [0.15, 0.2) is 11.0 Å². The van der Waals surface area contributed by atoms with Crippen molar-refractivity contribution in [2.75, 3.05) is 12.9 Å². The normalized spacial score (nSPS) is 10.8. The van der Waals surface area contributed by atoms with Crippen LogP contribution >= 0.6 is 23.4 Å². The average Bonchev–Trinajstić information content (AvgIpc) is 3.05. The van der Waals surface area contributed by atoms with E-state index in [1.165, 1.54) is 18.9 Å². The first-order valence-electron chi connectivity index (χ1n) is 7.98. The van der Waals surface area contributed by atoms with Crippen molar-refractivity contribution in [3.05, 3.63) is 58.6 Å². The van der Waals surface area contributed by atoms with Crippen LogP contribution in [0.2, 0.25) is 5.02 Å². The number of benzene rings is 2. The van der Waals surface area contributed by atoms with Crippen LogP contribution in [0.15, 0.2) is 47.6 Å². The van der Waals surface area contributed by atoms with Gasteiger partial charge in [-0.15, -0.1) is 10.2 Å². The number of carbonyl (C=O) groups excluding carboxylic acids is 1. The summed E-state index contributed by atoms with van der Waals surface area (Å²) in [6.45, 7) is 4.07. The summed E-state index contributed by atoms with van der Waals surface area (Å²) in [5, 5.41) is 9.91. The first-order valence-corrected chi connectivity index (χ1v) is 9.34. The molecule has 0 saturated heterocycles. The highest BCUT2D eigenvalue weighted by Gasteiger charge is 2.19. The molecular weight excluding hydrogens is 370 g/mol. The molecule has 0 spiro atoms. The van der Waals surface area contributed by atoms with Gasteiger partial charge in [0.2, 0.25) is 0 Å². The predicted molar refractivity (Wildman–Crippen MR) is 104 cm³/mol. The van der Waals surface area contributed by atoms with Crippen molar-refractivity contribution < 1.29 is 9.53 Å². The number of halogens is 1. The van der Waals surface area contributed by atoms with E-state index in [-0.39, 0.29) is 11.7 Å². The van der Waals surface area contributed by atoms with Crippen LogP contribution in [0.1, 0.15) is 11.1 Å². The lowest BCUT2D eigenvalue weighted by Crippen LogP contribution is -2.06.